The third-order valence-corrected chi connectivity index (χ3v) is 4.49. The lowest BCUT2D eigenvalue weighted by Crippen LogP contribution is -2.13. The van der Waals surface area contributed by atoms with Gasteiger partial charge >= 0.3 is 0 Å². The molecule has 1 aliphatic carbocycles. The fourth-order valence-electron chi connectivity index (χ4n) is 3.29. The Morgan fingerprint density at radius 3 is 2.29 bits per heavy atom. The van der Waals surface area contributed by atoms with Crippen LogP contribution in [0.4, 0.5) is 0 Å². The number of hydrogen-bond donors (Lipinski definition) is 1. The fourth-order valence-corrected chi connectivity index (χ4v) is 3.29. The molecule has 0 radical (unpaired) electrons. The summed E-state index contributed by atoms with van der Waals surface area (Å²) in [6.45, 7) is 0. The van der Waals surface area contributed by atoms with Gasteiger partial charge in [0.2, 0.25) is 5.75 Å². The summed E-state index contributed by atoms with van der Waals surface area (Å²) in [6.07, 6.45) is 7.64. The highest BCUT2D eigenvalue weighted by molar-refractivity contribution is 5.56. The van der Waals surface area contributed by atoms with Crippen LogP contribution in [0.3, 0.4) is 0 Å². The average Bonchev–Trinajstić information content (AvgIpc) is 3.04. The highest BCUT2D eigenvalue weighted by Crippen LogP contribution is 2.42. The monoisotopic (exact) mass is 293 g/mol. The Morgan fingerprint density at radius 2 is 1.71 bits per heavy atom. The van der Waals surface area contributed by atoms with Gasteiger partial charge < -0.3 is 19.9 Å². The summed E-state index contributed by atoms with van der Waals surface area (Å²) < 4.78 is 16.2. The van der Waals surface area contributed by atoms with Crippen molar-refractivity contribution in [2.75, 3.05) is 21.3 Å². The summed E-state index contributed by atoms with van der Waals surface area (Å²) in [4.78, 5) is 0. The maximum Gasteiger partial charge on any atom is 0.203 e. The Kier molecular flexibility index (Phi) is 5.74. The van der Waals surface area contributed by atoms with E-state index < -0.39 is 0 Å². The molecular weight excluding hydrogens is 266 g/mol. The van der Waals surface area contributed by atoms with Gasteiger partial charge in [-0.2, -0.15) is 0 Å². The SMILES string of the molecule is COc1ccc(C(N)CCC2CCCC2)c(OC)c1OC. The van der Waals surface area contributed by atoms with Crippen molar-refractivity contribution in [2.45, 2.75) is 44.6 Å². The minimum atomic E-state index is -0.0274. The quantitative estimate of drug-likeness (QED) is 0.833. The molecule has 1 unspecified atom stereocenters. The highest BCUT2D eigenvalue weighted by atomic mass is 16.5. The molecule has 118 valence electrons. The summed E-state index contributed by atoms with van der Waals surface area (Å²) >= 11 is 0. The topological polar surface area (TPSA) is 53.7 Å². The molecule has 0 aliphatic heterocycles. The van der Waals surface area contributed by atoms with E-state index in [0.29, 0.717) is 17.2 Å². The van der Waals surface area contributed by atoms with Crippen LogP contribution in [0.5, 0.6) is 17.2 Å². The maximum atomic E-state index is 6.39. The minimum absolute atomic E-state index is 0.0274. The van der Waals surface area contributed by atoms with Gasteiger partial charge in [-0.05, 0) is 30.9 Å². The Balaban J connectivity index is 2.13. The second-order valence-electron chi connectivity index (χ2n) is 5.76. The zero-order valence-corrected chi connectivity index (χ0v) is 13.4. The zero-order chi connectivity index (χ0) is 15.2. The van der Waals surface area contributed by atoms with Crippen molar-refractivity contribution in [3.05, 3.63) is 17.7 Å². The Morgan fingerprint density at radius 1 is 1.05 bits per heavy atom. The van der Waals surface area contributed by atoms with E-state index >= 15 is 0 Å². The Bertz CT molecular complexity index is 456. The number of ether oxygens (including phenoxy) is 3. The van der Waals surface area contributed by atoms with Crippen LogP contribution in [0, 0.1) is 5.92 Å². The first-order chi connectivity index (χ1) is 10.2. The van der Waals surface area contributed by atoms with E-state index in [1.54, 1.807) is 21.3 Å². The van der Waals surface area contributed by atoms with Gasteiger partial charge in [-0.15, -0.1) is 0 Å². The van der Waals surface area contributed by atoms with Gasteiger partial charge in [0.1, 0.15) is 0 Å². The second-order valence-corrected chi connectivity index (χ2v) is 5.76. The van der Waals surface area contributed by atoms with Crippen LogP contribution in [-0.4, -0.2) is 21.3 Å². The van der Waals surface area contributed by atoms with Crippen LogP contribution >= 0.6 is 0 Å². The molecule has 0 aromatic heterocycles. The molecular formula is C17H27NO3. The molecule has 1 saturated carbocycles. The summed E-state index contributed by atoms with van der Waals surface area (Å²) in [5, 5.41) is 0. The lowest BCUT2D eigenvalue weighted by molar-refractivity contribution is 0.319. The summed E-state index contributed by atoms with van der Waals surface area (Å²) in [6, 6.07) is 3.85. The van der Waals surface area contributed by atoms with Crippen molar-refractivity contribution in [2.24, 2.45) is 11.7 Å². The van der Waals surface area contributed by atoms with E-state index in [9.17, 15) is 0 Å². The first-order valence-electron chi connectivity index (χ1n) is 7.75. The predicted molar refractivity (Wildman–Crippen MR) is 84.2 cm³/mol. The van der Waals surface area contributed by atoms with E-state index in [0.717, 1.165) is 17.9 Å². The van der Waals surface area contributed by atoms with E-state index in [1.165, 1.54) is 32.1 Å². The smallest absolute Gasteiger partial charge is 0.203 e. The Hall–Kier alpha value is -1.42. The molecule has 4 heteroatoms. The van der Waals surface area contributed by atoms with Crippen molar-refractivity contribution in [1.82, 2.24) is 0 Å². The van der Waals surface area contributed by atoms with E-state index in [-0.39, 0.29) is 6.04 Å². The third kappa shape index (κ3) is 3.62. The molecule has 21 heavy (non-hydrogen) atoms. The van der Waals surface area contributed by atoms with Crippen molar-refractivity contribution >= 4 is 0 Å². The van der Waals surface area contributed by atoms with Gasteiger partial charge in [0.05, 0.1) is 21.3 Å². The number of hydrogen-bond acceptors (Lipinski definition) is 4. The number of rotatable bonds is 7. The number of methoxy groups -OCH3 is 3. The maximum absolute atomic E-state index is 6.39. The van der Waals surface area contributed by atoms with Crippen molar-refractivity contribution < 1.29 is 14.2 Å². The van der Waals surface area contributed by atoms with Gasteiger partial charge in [-0.1, -0.05) is 25.7 Å². The molecule has 0 heterocycles. The van der Waals surface area contributed by atoms with Crippen molar-refractivity contribution in [3.8, 4) is 17.2 Å². The number of nitrogens with two attached hydrogens (primary N) is 1. The largest absolute Gasteiger partial charge is 0.493 e. The standard InChI is InChI=1S/C17H27NO3/c1-19-15-11-9-13(16(20-2)17(15)21-3)14(18)10-8-12-6-4-5-7-12/h9,11-12,14H,4-8,10,18H2,1-3H3. The molecule has 2 rings (SSSR count). The van der Waals surface area contributed by atoms with E-state index in [2.05, 4.69) is 0 Å². The molecule has 0 bridgehead atoms. The summed E-state index contributed by atoms with van der Waals surface area (Å²) in [5.74, 6) is 2.83. The molecule has 1 fully saturated rings. The van der Waals surface area contributed by atoms with Crippen LogP contribution in [0.15, 0.2) is 12.1 Å². The molecule has 4 nitrogen and oxygen atoms in total. The molecule has 1 atom stereocenters. The van der Waals surface area contributed by atoms with Gasteiger partial charge in [-0.25, -0.2) is 0 Å². The predicted octanol–water partition coefficient (Wildman–Crippen LogP) is 3.68. The molecule has 0 amide bonds. The molecule has 1 aliphatic rings. The summed E-state index contributed by atoms with van der Waals surface area (Å²) in [7, 11) is 4.88. The molecule has 0 saturated heterocycles. The highest BCUT2D eigenvalue weighted by Gasteiger charge is 2.22. The molecule has 2 N–H and O–H groups in total. The van der Waals surface area contributed by atoms with E-state index in [1.807, 2.05) is 12.1 Å². The van der Waals surface area contributed by atoms with Gasteiger partial charge in [-0.3, -0.25) is 0 Å². The summed E-state index contributed by atoms with van der Waals surface area (Å²) in [5.41, 5.74) is 7.38. The van der Waals surface area contributed by atoms with Crippen molar-refractivity contribution in [3.63, 3.8) is 0 Å². The first-order valence-corrected chi connectivity index (χ1v) is 7.75. The lowest BCUT2D eigenvalue weighted by atomic mass is 9.94. The van der Waals surface area contributed by atoms with Crippen LogP contribution in [-0.2, 0) is 0 Å². The van der Waals surface area contributed by atoms with Gasteiger partial charge in [0.15, 0.2) is 11.5 Å². The second kappa shape index (κ2) is 7.55. The lowest BCUT2D eigenvalue weighted by Gasteiger charge is -2.20. The van der Waals surface area contributed by atoms with Crippen LogP contribution in [0.2, 0.25) is 0 Å². The average molecular weight is 293 g/mol. The third-order valence-electron chi connectivity index (χ3n) is 4.49. The van der Waals surface area contributed by atoms with Crippen molar-refractivity contribution in [1.29, 1.82) is 0 Å². The number of benzene rings is 1. The fraction of sp³-hybridized carbons (Fsp3) is 0.647. The van der Waals surface area contributed by atoms with Crippen LogP contribution in [0.25, 0.3) is 0 Å². The van der Waals surface area contributed by atoms with Crippen LogP contribution in [0.1, 0.15) is 50.1 Å². The molecule has 1 aromatic rings. The van der Waals surface area contributed by atoms with E-state index in [4.69, 9.17) is 19.9 Å². The normalized spacial score (nSPS) is 16.8. The Labute approximate surface area is 127 Å². The zero-order valence-electron chi connectivity index (χ0n) is 13.4. The molecule has 0 spiro atoms. The minimum Gasteiger partial charge on any atom is -0.493 e. The van der Waals surface area contributed by atoms with Gasteiger partial charge in [0, 0.05) is 11.6 Å². The van der Waals surface area contributed by atoms with Crippen LogP contribution < -0.4 is 19.9 Å². The molecule has 1 aromatic carbocycles. The van der Waals surface area contributed by atoms with Gasteiger partial charge in [0.25, 0.3) is 0 Å². The first kappa shape index (κ1) is 16.0.